The first-order chi connectivity index (χ1) is 14.7. The highest BCUT2D eigenvalue weighted by Crippen LogP contribution is 2.28. The van der Waals surface area contributed by atoms with E-state index < -0.39 is 42.5 Å². The van der Waals surface area contributed by atoms with Gasteiger partial charge in [-0.1, -0.05) is 0 Å². The predicted octanol–water partition coefficient (Wildman–Crippen LogP) is 1.18. The van der Waals surface area contributed by atoms with Gasteiger partial charge in [-0.05, 0) is 31.9 Å². The number of piperidine rings is 1. The molecule has 31 heavy (non-hydrogen) atoms. The second-order valence-corrected chi connectivity index (χ2v) is 6.62. The van der Waals surface area contributed by atoms with E-state index in [2.05, 4.69) is 20.0 Å². The third-order valence-electron chi connectivity index (χ3n) is 4.52. The number of aromatic nitrogens is 4. The van der Waals surface area contributed by atoms with Crippen LogP contribution in [0.5, 0.6) is 0 Å². The van der Waals surface area contributed by atoms with Crippen molar-refractivity contribution in [2.45, 2.75) is 25.9 Å². The number of alkyl carbamates (subject to hydrolysis) is 1. The van der Waals surface area contributed by atoms with Crippen molar-refractivity contribution in [2.75, 3.05) is 31.2 Å². The van der Waals surface area contributed by atoms with Crippen LogP contribution < -0.4 is 10.2 Å². The van der Waals surface area contributed by atoms with Gasteiger partial charge in [-0.2, -0.15) is 17.7 Å². The van der Waals surface area contributed by atoms with Gasteiger partial charge in [0.1, 0.15) is 5.82 Å². The molecular formula is C17H19F3N6O5. The summed E-state index contributed by atoms with van der Waals surface area (Å²) >= 11 is 0. The van der Waals surface area contributed by atoms with E-state index >= 15 is 0 Å². The number of rotatable bonds is 5. The number of ether oxygens (including phenoxy) is 2. The van der Waals surface area contributed by atoms with Crippen molar-refractivity contribution in [3.05, 3.63) is 18.0 Å². The first-order valence-electron chi connectivity index (χ1n) is 9.37. The molecule has 2 amide bonds. The summed E-state index contributed by atoms with van der Waals surface area (Å²) in [5.41, 5.74) is -0.0318. The Balaban J connectivity index is 1.54. The summed E-state index contributed by atoms with van der Waals surface area (Å²) in [7, 11) is 0. The normalized spacial score (nSPS) is 15.0. The third-order valence-corrected chi connectivity index (χ3v) is 4.52. The first kappa shape index (κ1) is 22.2. The Hall–Kier alpha value is -3.45. The van der Waals surface area contributed by atoms with Gasteiger partial charge in [0.15, 0.2) is 12.3 Å². The van der Waals surface area contributed by atoms with Crippen molar-refractivity contribution >= 4 is 29.4 Å². The summed E-state index contributed by atoms with van der Waals surface area (Å²) in [6.07, 6.45) is -4.91. The van der Waals surface area contributed by atoms with Gasteiger partial charge < -0.3 is 14.4 Å². The number of imide groups is 1. The molecule has 1 saturated heterocycles. The first-order valence-corrected chi connectivity index (χ1v) is 9.37. The molecule has 0 atom stereocenters. The lowest BCUT2D eigenvalue weighted by Gasteiger charge is -2.31. The van der Waals surface area contributed by atoms with Crippen molar-refractivity contribution in [3.63, 3.8) is 0 Å². The molecule has 0 bridgehead atoms. The molecule has 0 aromatic carbocycles. The third kappa shape index (κ3) is 5.38. The van der Waals surface area contributed by atoms with Crippen molar-refractivity contribution in [2.24, 2.45) is 5.92 Å². The second kappa shape index (κ2) is 9.14. The molecule has 1 fully saturated rings. The molecule has 0 spiro atoms. The van der Waals surface area contributed by atoms with Crippen LogP contribution in [-0.2, 0) is 25.2 Å². The average Bonchev–Trinajstić information content (AvgIpc) is 3.16. The second-order valence-electron chi connectivity index (χ2n) is 6.62. The summed E-state index contributed by atoms with van der Waals surface area (Å²) in [5.74, 6) is -2.82. The number of hydrogen-bond acceptors (Lipinski definition) is 9. The van der Waals surface area contributed by atoms with Gasteiger partial charge in [-0.15, -0.1) is 15.3 Å². The SMILES string of the molecule is CCOC(=O)NC(=O)COC(=O)C1CCN(c2ccc3nnc(C(F)(F)F)n3n2)CC1. The molecule has 14 heteroatoms. The highest BCUT2D eigenvalue weighted by Gasteiger charge is 2.38. The molecule has 168 valence electrons. The number of amides is 2. The fourth-order valence-electron chi connectivity index (χ4n) is 3.04. The molecule has 0 unspecified atom stereocenters. The van der Waals surface area contributed by atoms with E-state index in [9.17, 15) is 27.6 Å². The summed E-state index contributed by atoms with van der Waals surface area (Å²) in [6.45, 7) is 1.73. The van der Waals surface area contributed by atoms with Gasteiger partial charge in [0, 0.05) is 13.1 Å². The van der Waals surface area contributed by atoms with Gasteiger partial charge in [-0.25, -0.2) is 4.79 Å². The molecule has 2 aromatic heterocycles. The van der Waals surface area contributed by atoms with Crippen LogP contribution in [0.2, 0.25) is 0 Å². The van der Waals surface area contributed by atoms with Crippen LogP contribution >= 0.6 is 0 Å². The zero-order valence-corrected chi connectivity index (χ0v) is 16.4. The zero-order chi connectivity index (χ0) is 22.6. The van der Waals surface area contributed by atoms with Crippen molar-refractivity contribution in [1.29, 1.82) is 0 Å². The Labute approximate surface area is 173 Å². The topological polar surface area (TPSA) is 128 Å². The molecule has 1 aliphatic heterocycles. The molecule has 1 aliphatic rings. The number of carbonyl (C=O) groups is 3. The van der Waals surface area contributed by atoms with Crippen LogP contribution in [0, 0.1) is 5.92 Å². The van der Waals surface area contributed by atoms with Gasteiger partial charge in [0.2, 0.25) is 0 Å². The summed E-state index contributed by atoms with van der Waals surface area (Å²) in [5, 5.41) is 12.5. The Morgan fingerprint density at radius 3 is 2.52 bits per heavy atom. The van der Waals surface area contributed by atoms with Crippen molar-refractivity contribution in [1.82, 2.24) is 25.1 Å². The van der Waals surface area contributed by atoms with E-state index in [-0.39, 0.29) is 12.3 Å². The smallest absolute Gasteiger partial charge is 0.453 e. The lowest BCUT2D eigenvalue weighted by atomic mass is 9.97. The number of esters is 1. The van der Waals surface area contributed by atoms with E-state index in [0.717, 1.165) is 0 Å². The number of carbonyl (C=O) groups excluding carboxylic acids is 3. The summed E-state index contributed by atoms with van der Waals surface area (Å²) < 4.78 is 49.2. The maximum Gasteiger partial charge on any atom is 0.453 e. The largest absolute Gasteiger partial charge is 0.455 e. The van der Waals surface area contributed by atoms with E-state index in [1.54, 1.807) is 11.8 Å². The van der Waals surface area contributed by atoms with Crippen LogP contribution in [-0.4, -0.2) is 64.1 Å². The van der Waals surface area contributed by atoms with Crippen LogP contribution in [0.15, 0.2) is 12.1 Å². The Morgan fingerprint density at radius 1 is 1.16 bits per heavy atom. The quantitative estimate of drug-likeness (QED) is 0.676. The van der Waals surface area contributed by atoms with Gasteiger partial charge in [0.05, 0.1) is 12.5 Å². The average molecular weight is 444 g/mol. The standard InChI is InChI=1S/C17H19F3N6O5/c1-2-30-16(29)21-13(27)9-31-14(28)10-5-7-25(8-6-10)12-4-3-11-22-23-15(17(18,19)20)26(11)24-12/h3-4,10H,2,5-9H2,1H3,(H,21,27,29). The number of hydrogen-bond donors (Lipinski definition) is 1. The van der Waals surface area contributed by atoms with Crippen LogP contribution in [0.1, 0.15) is 25.6 Å². The lowest BCUT2D eigenvalue weighted by Crippen LogP contribution is -2.39. The minimum absolute atomic E-state index is 0.0318. The predicted molar refractivity (Wildman–Crippen MR) is 96.8 cm³/mol. The minimum atomic E-state index is -4.69. The van der Waals surface area contributed by atoms with E-state index in [0.29, 0.717) is 36.3 Å². The van der Waals surface area contributed by atoms with Crippen LogP contribution in [0.4, 0.5) is 23.8 Å². The Bertz CT molecular complexity index is 971. The summed E-state index contributed by atoms with van der Waals surface area (Å²) in [6, 6.07) is 2.91. The molecular weight excluding hydrogens is 425 g/mol. The molecule has 0 radical (unpaired) electrons. The van der Waals surface area contributed by atoms with Crippen molar-refractivity contribution < 1.29 is 37.0 Å². The van der Waals surface area contributed by atoms with E-state index in [4.69, 9.17) is 4.74 Å². The van der Waals surface area contributed by atoms with Crippen LogP contribution in [0.25, 0.3) is 5.65 Å². The van der Waals surface area contributed by atoms with Crippen LogP contribution in [0.3, 0.4) is 0 Å². The zero-order valence-electron chi connectivity index (χ0n) is 16.4. The number of fused-ring (bicyclic) bond motifs is 1. The number of nitrogens with one attached hydrogen (secondary N) is 1. The highest BCUT2D eigenvalue weighted by molar-refractivity contribution is 5.93. The molecule has 2 aromatic rings. The number of anilines is 1. The minimum Gasteiger partial charge on any atom is -0.455 e. The van der Waals surface area contributed by atoms with Gasteiger partial charge in [0.25, 0.3) is 11.7 Å². The number of alkyl halides is 3. The fourth-order valence-corrected chi connectivity index (χ4v) is 3.04. The molecule has 0 saturated carbocycles. The Kier molecular flexibility index (Phi) is 6.56. The number of halogens is 3. The number of nitrogens with zero attached hydrogens (tertiary/aromatic N) is 5. The molecule has 3 rings (SSSR count). The van der Waals surface area contributed by atoms with Gasteiger partial charge >= 0.3 is 18.2 Å². The summed E-state index contributed by atoms with van der Waals surface area (Å²) in [4.78, 5) is 36.6. The lowest BCUT2D eigenvalue weighted by molar-refractivity contribution is -0.153. The fraction of sp³-hybridized carbons (Fsp3) is 0.529. The molecule has 0 aliphatic carbocycles. The van der Waals surface area contributed by atoms with E-state index in [1.807, 2.05) is 5.32 Å². The Morgan fingerprint density at radius 2 is 1.87 bits per heavy atom. The molecule has 1 N–H and O–H groups in total. The van der Waals surface area contributed by atoms with E-state index in [1.165, 1.54) is 12.1 Å². The molecule has 11 nitrogen and oxygen atoms in total. The maximum absolute atomic E-state index is 13.0. The highest BCUT2D eigenvalue weighted by atomic mass is 19.4. The molecule has 3 heterocycles. The monoisotopic (exact) mass is 444 g/mol. The maximum atomic E-state index is 13.0. The van der Waals surface area contributed by atoms with Gasteiger partial charge in [-0.3, -0.25) is 14.9 Å². The van der Waals surface area contributed by atoms with Crippen molar-refractivity contribution in [3.8, 4) is 0 Å².